The van der Waals surface area contributed by atoms with Crippen LogP contribution in [0.5, 0.6) is 0 Å². The second kappa shape index (κ2) is 5.90. The number of benzene rings is 1. The third-order valence-electron chi connectivity index (χ3n) is 3.49. The highest BCUT2D eigenvalue weighted by molar-refractivity contribution is 5.90. The first-order valence-corrected chi connectivity index (χ1v) is 6.52. The number of halogens is 1. The van der Waals surface area contributed by atoms with Gasteiger partial charge < -0.3 is 15.3 Å². The van der Waals surface area contributed by atoms with Crippen LogP contribution < -0.4 is 5.32 Å². The van der Waals surface area contributed by atoms with Gasteiger partial charge in [0.05, 0.1) is 5.92 Å². The fourth-order valence-electron chi connectivity index (χ4n) is 2.32. The zero-order valence-electron chi connectivity index (χ0n) is 11.2. The first-order valence-electron chi connectivity index (χ1n) is 6.52. The fourth-order valence-corrected chi connectivity index (χ4v) is 2.32. The average Bonchev–Trinajstić information content (AvgIpc) is 2.42. The molecule has 2 amide bonds. The molecule has 0 aliphatic carbocycles. The SMILES string of the molecule is Cc1cc(F)ccc1NC(=O)N1CCC[C@H](C(=O)O)C1. The topological polar surface area (TPSA) is 69.6 Å². The lowest BCUT2D eigenvalue weighted by Crippen LogP contribution is -2.44. The number of anilines is 1. The molecule has 2 N–H and O–H groups in total. The Labute approximate surface area is 116 Å². The number of hydrogen-bond donors (Lipinski definition) is 2. The number of likely N-dealkylation sites (tertiary alicyclic amines) is 1. The molecule has 1 heterocycles. The van der Waals surface area contributed by atoms with Crippen molar-refractivity contribution in [2.24, 2.45) is 5.92 Å². The summed E-state index contributed by atoms with van der Waals surface area (Å²) in [7, 11) is 0. The van der Waals surface area contributed by atoms with E-state index in [4.69, 9.17) is 5.11 Å². The maximum Gasteiger partial charge on any atom is 0.321 e. The molecule has 0 spiro atoms. The number of carboxylic acids is 1. The average molecular weight is 280 g/mol. The van der Waals surface area contributed by atoms with Gasteiger partial charge in [-0.05, 0) is 43.5 Å². The van der Waals surface area contributed by atoms with Crippen molar-refractivity contribution < 1.29 is 19.1 Å². The summed E-state index contributed by atoms with van der Waals surface area (Å²) in [6.07, 6.45) is 1.27. The number of piperidine rings is 1. The minimum atomic E-state index is -0.875. The van der Waals surface area contributed by atoms with E-state index >= 15 is 0 Å². The smallest absolute Gasteiger partial charge is 0.321 e. The van der Waals surface area contributed by atoms with Gasteiger partial charge in [0.25, 0.3) is 0 Å². The molecule has 0 bridgehead atoms. The summed E-state index contributed by atoms with van der Waals surface area (Å²) in [5.74, 6) is -1.74. The minimum Gasteiger partial charge on any atom is -0.481 e. The van der Waals surface area contributed by atoms with E-state index in [0.29, 0.717) is 30.6 Å². The molecule has 0 saturated carbocycles. The van der Waals surface area contributed by atoms with Crippen LogP contribution in [0, 0.1) is 18.7 Å². The van der Waals surface area contributed by atoms with Crippen LogP contribution in [-0.2, 0) is 4.79 Å². The Balaban J connectivity index is 2.02. The van der Waals surface area contributed by atoms with E-state index in [1.54, 1.807) is 6.92 Å². The molecule has 0 radical (unpaired) electrons. The predicted octanol–water partition coefficient (Wildman–Crippen LogP) is 2.46. The number of aryl methyl sites for hydroxylation is 1. The number of nitrogens with one attached hydrogen (secondary N) is 1. The van der Waals surface area contributed by atoms with Crippen LogP contribution >= 0.6 is 0 Å². The molecule has 0 aromatic heterocycles. The summed E-state index contributed by atoms with van der Waals surface area (Å²) in [5.41, 5.74) is 1.17. The Kier molecular flexibility index (Phi) is 4.22. The van der Waals surface area contributed by atoms with Crippen LogP contribution in [0.25, 0.3) is 0 Å². The molecular weight excluding hydrogens is 263 g/mol. The number of nitrogens with zero attached hydrogens (tertiary/aromatic N) is 1. The lowest BCUT2D eigenvalue weighted by Gasteiger charge is -2.30. The largest absolute Gasteiger partial charge is 0.481 e. The summed E-state index contributed by atoms with van der Waals surface area (Å²) in [5, 5.41) is 11.7. The van der Waals surface area contributed by atoms with E-state index in [9.17, 15) is 14.0 Å². The molecule has 1 atom stereocenters. The zero-order chi connectivity index (χ0) is 14.7. The predicted molar refractivity (Wildman–Crippen MR) is 72.1 cm³/mol. The van der Waals surface area contributed by atoms with E-state index < -0.39 is 11.9 Å². The molecule has 1 aliphatic heterocycles. The van der Waals surface area contributed by atoms with E-state index in [1.165, 1.54) is 23.1 Å². The lowest BCUT2D eigenvalue weighted by molar-refractivity contribution is -0.143. The highest BCUT2D eigenvalue weighted by Crippen LogP contribution is 2.20. The first-order chi connectivity index (χ1) is 9.47. The summed E-state index contributed by atoms with van der Waals surface area (Å²) in [4.78, 5) is 24.6. The number of carbonyl (C=O) groups is 2. The van der Waals surface area contributed by atoms with Crippen molar-refractivity contribution in [1.82, 2.24) is 4.90 Å². The van der Waals surface area contributed by atoms with Crippen molar-refractivity contribution in [2.45, 2.75) is 19.8 Å². The van der Waals surface area contributed by atoms with Crippen LogP contribution in [-0.4, -0.2) is 35.1 Å². The molecule has 0 unspecified atom stereocenters. The van der Waals surface area contributed by atoms with Crippen molar-refractivity contribution in [2.75, 3.05) is 18.4 Å². The quantitative estimate of drug-likeness (QED) is 0.874. The Hall–Kier alpha value is -2.11. The van der Waals surface area contributed by atoms with Crippen LogP contribution in [0.2, 0.25) is 0 Å². The van der Waals surface area contributed by atoms with Crippen molar-refractivity contribution in [3.05, 3.63) is 29.6 Å². The second-order valence-corrected chi connectivity index (χ2v) is 5.01. The normalized spacial score (nSPS) is 18.7. The van der Waals surface area contributed by atoms with Gasteiger partial charge in [0, 0.05) is 18.8 Å². The number of rotatable bonds is 2. The van der Waals surface area contributed by atoms with Crippen LogP contribution in [0.4, 0.5) is 14.9 Å². The van der Waals surface area contributed by atoms with Gasteiger partial charge in [-0.3, -0.25) is 4.79 Å². The second-order valence-electron chi connectivity index (χ2n) is 5.01. The third kappa shape index (κ3) is 3.26. The Bertz CT molecular complexity index is 533. The standard InChI is InChI=1S/C14H17FN2O3/c1-9-7-11(15)4-5-12(9)16-14(20)17-6-2-3-10(8-17)13(18)19/h4-5,7,10H,2-3,6,8H2,1H3,(H,16,20)(H,18,19)/t10-/m0/s1. The Morgan fingerprint density at radius 3 is 2.85 bits per heavy atom. The molecule has 2 rings (SSSR count). The van der Waals surface area contributed by atoms with Gasteiger partial charge in [-0.1, -0.05) is 0 Å². The maximum absolute atomic E-state index is 13.0. The van der Waals surface area contributed by atoms with Gasteiger partial charge >= 0.3 is 12.0 Å². The molecule has 6 heteroatoms. The minimum absolute atomic E-state index is 0.210. The molecule has 1 aromatic carbocycles. The maximum atomic E-state index is 13.0. The van der Waals surface area contributed by atoms with Gasteiger partial charge in [0.2, 0.25) is 0 Å². The number of carboxylic acid groups (broad SMARTS) is 1. The number of urea groups is 1. The number of amides is 2. The molecule has 1 fully saturated rings. The molecule has 1 aromatic rings. The van der Waals surface area contributed by atoms with Crippen molar-refractivity contribution in [3.63, 3.8) is 0 Å². The van der Waals surface area contributed by atoms with Gasteiger partial charge in [0.15, 0.2) is 0 Å². The van der Waals surface area contributed by atoms with Gasteiger partial charge in [0.1, 0.15) is 5.82 Å². The van der Waals surface area contributed by atoms with E-state index in [0.717, 1.165) is 0 Å². The van der Waals surface area contributed by atoms with E-state index in [2.05, 4.69) is 5.32 Å². The number of carbonyl (C=O) groups excluding carboxylic acids is 1. The summed E-state index contributed by atoms with van der Waals surface area (Å²) >= 11 is 0. The molecular formula is C14H17FN2O3. The van der Waals surface area contributed by atoms with Crippen molar-refractivity contribution >= 4 is 17.7 Å². The Morgan fingerprint density at radius 1 is 1.45 bits per heavy atom. The number of hydrogen-bond acceptors (Lipinski definition) is 2. The van der Waals surface area contributed by atoms with Gasteiger partial charge in [-0.15, -0.1) is 0 Å². The highest BCUT2D eigenvalue weighted by atomic mass is 19.1. The van der Waals surface area contributed by atoms with E-state index in [-0.39, 0.29) is 18.4 Å². The summed E-state index contributed by atoms with van der Waals surface area (Å²) < 4.78 is 13.0. The van der Waals surface area contributed by atoms with Gasteiger partial charge in [-0.25, -0.2) is 9.18 Å². The third-order valence-corrected chi connectivity index (χ3v) is 3.49. The molecule has 1 aliphatic rings. The summed E-state index contributed by atoms with van der Waals surface area (Å²) in [6.45, 7) is 2.45. The molecule has 108 valence electrons. The van der Waals surface area contributed by atoms with E-state index in [1.807, 2.05) is 0 Å². The fraction of sp³-hybridized carbons (Fsp3) is 0.429. The summed E-state index contributed by atoms with van der Waals surface area (Å²) in [6, 6.07) is 3.78. The van der Waals surface area contributed by atoms with Crippen molar-refractivity contribution in [1.29, 1.82) is 0 Å². The van der Waals surface area contributed by atoms with Crippen LogP contribution in [0.15, 0.2) is 18.2 Å². The zero-order valence-corrected chi connectivity index (χ0v) is 11.2. The first kappa shape index (κ1) is 14.3. The molecule has 1 saturated heterocycles. The molecule has 20 heavy (non-hydrogen) atoms. The van der Waals surface area contributed by atoms with Gasteiger partial charge in [-0.2, -0.15) is 0 Å². The van der Waals surface area contributed by atoms with Crippen LogP contribution in [0.1, 0.15) is 18.4 Å². The monoisotopic (exact) mass is 280 g/mol. The van der Waals surface area contributed by atoms with Crippen molar-refractivity contribution in [3.8, 4) is 0 Å². The Morgan fingerprint density at radius 2 is 2.20 bits per heavy atom. The highest BCUT2D eigenvalue weighted by Gasteiger charge is 2.28. The molecule has 5 nitrogen and oxygen atoms in total. The number of aliphatic carboxylic acids is 1. The van der Waals surface area contributed by atoms with Crippen LogP contribution in [0.3, 0.4) is 0 Å². The lowest BCUT2D eigenvalue weighted by atomic mass is 9.99.